The summed E-state index contributed by atoms with van der Waals surface area (Å²) in [6.45, 7) is 0. The lowest BCUT2D eigenvalue weighted by atomic mass is 10.1. The summed E-state index contributed by atoms with van der Waals surface area (Å²) in [5, 5.41) is 17.1. The summed E-state index contributed by atoms with van der Waals surface area (Å²) in [5.41, 5.74) is 0.726. The van der Waals surface area contributed by atoms with E-state index in [0.717, 1.165) is 5.56 Å². The van der Waals surface area contributed by atoms with E-state index in [2.05, 4.69) is 0 Å². The molecule has 76 valence electrons. The van der Waals surface area contributed by atoms with Gasteiger partial charge in [-0.3, -0.25) is 4.79 Å². The van der Waals surface area contributed by atoms with Crippen LogP contribution in [0.25, 0.3) is 0 Å². The first-order chi connectivity index (χ1) is 6.63. The van der Waals surface area contributed by atoms with Crippen molar-refractivity contribution in [2.24, 2.45) is 0 Å². The lowest BCUT2D eigenvalue weighted by Crippen LogP contribution is -2.21. The number of carbonyl (C=O) groups excluding carboxylic acids is 1. The molecule has 1 rings (SSSR count). The van der Waals surface area contributed by atoms with Gasteiger partial charge < -0.3 is 14.9 Å². The Morgan fingerprint density at radius 1 is 1.36 bits per heavy atom. The minimum atomic E-state index is -1.89. The Morgan fingerprint density at radius 3 is 2.36 bits per heavy atom. The molecule has 0 aliphatic heterocycles. The van der Waals surface area contributed by atoms with Crippen LogP contribution in [0.1, 0.15) is 5.56 Å². The highest BCUT2D eigenvalue weighted by Crippen LogP contribution is 2.11. The summed E-state index contributed by atoms with van der Waals surface area (Å²) in [6, 6.07) is 6.84. The van der Waals surface area contributed by atoms with Crippen molar-refractivity contribution < 1.29 is 19.7 Å². The Labute approximate surface area is 81.8 Å². The van der Waals surface area contributed by atoms with Crippen LogP contribution in [0.5, 0.6) is 5.75 Å². The molecule has 0 amide bonds. The van der Waals surface area contributed by atoms with Crippen molar-refractivity contribution in [1.82, 2.24) is 0 Å². The van der Waals surface area contributed by atoms with Gasteiger partial charge in [0.25, 0.3) is 0 Å². The molecule has 4 nitrogen and oxygen atoms in total. The number of hydrogen-bond acceptors (Lipinski definition) is 4. The molecule has 0 atom stereocenters. The van der Waals surface area contributed by atoms with Gasteiger partial charge in [0.2, 0.25) is 6.29 Å². The second kappa shape index (κ2) is 4.74. The molecular weight excluding hydrogens is 184 g/mol. The van der Waals surface area contributed by atoms with Crippen LogP contribution >= 0.6 is 0 Å². The molecule has 14 heavy (non-hydrogen) atoms. The van der Waals surface area contributed by atoms with E-state index >= 15 is 0 Å². The van der Waals surface area contributed by atoms with Crippen molar-refractivity contribution in [2.45, 2.75) is 12.7 Å². The number of Topliss-reactive ketones (excluding diaryl/α,β-unsaturated/α-hetero) is 1. The third kappa shape index (κ3) is 2.83. The van der Waals surface area contributed by atoms with Crippen LogP contribution in [-0.4, -0.2) is 29.4 Å². The van der Waals surface area contributed by atoms with Gasteiger partial charge >= 0.3 is 0 Å². The first-order valence-corrected chi connectivity index (χ1v) is 4.15. The zero-order valence-corrected chi connectivity index (χ0v) is 7.80. The van der Waals surface area contributed by atoms with E-state index in [1.54, 1.807) is 31.4 Å². The Balaban J connectivity index is 2.64. The molecule has 4 heteroatoms. The molecule has 1 aromatic rings. The van der Waals surface area contributed by atoms with Gasteiger partial charge in [-0.1, -0.05) is 12.1 Å². The Hall–Kier alpha value is -1.39. The molecule has 0 aromatic heterocycles. The second-order valence-corrected chi connectivity index (χ2v) is 2.86. The molecule has 0 unspecified atom stereocenters. The lowest BCUT2D eigenvalue weighted by Gasteiger charge is -2.04. The van der Waals surface area contributed by atoms with Gasteiger partial charge in [0.05, 0.1) is 7.11 Å². The van der Waals surface area contributed by atoms with E-state index in [-0.39, 0.29) is 6.42 Å². The van der Waals surface area contributed by atoms with Crippen molar-refractivity contribution in [3.05, 3.63) is 29.8 Å². The number of ketones is 1. The maximum atomic E-state index is 10.9. The number of benzene rings is 1. The van der Waals surface area contributed by atoms with Gasteiger partial charge in [0.15, 0.2) is 5.78 Å². The van der Waals surface area contributed by atoms with Crippen LogP contribution in [0.2, 0.25) is 0 Å². The highest BCUT2D eigenvalue weighted by Gasteiger charge is 2.11. The van der Waals surface area contributed by atoms with Crippen LogP contribution in [0.3, 0.4) is 0 Å². The van der Waals surface area contributed by atoms with Gasteiger partial charge in [-0.2, -0.15) is 0 Å². The van der Waals surface area contributed by atoms with E-state index in [9.17, 15) is 4.79 Å². The molecule has 0 saturated carbocycles. The molecule has 2 N–H and O–H groups in total. The zero-order chi connectivity index (χ0) is 10.6. The molecule has 0 aliphatic rings. The first kappa shape index (κ1) is 10.7. The van der Waals surface area contributed by atoms with Crippen LogP contribution in [0.4, 0.5) is 0 Å². The molecule has 0 bridgehead atoms. The normalized spacial score (nSPS) is 10.3. The van der Waals surface area contributed by atoms with Crippen molar-refractivity contribution in [2.75, 3.05) is 7.11 Å². The van der Waals surface area contributed by atoms with Gasteiger partial charge in [-0.15, -0.1) is 0 Å². The first-order valence-electron chi connectivity index (χ1n) is 4.15. The fraction of sp³-hybridized carbons (Fsp3) is 0.300. The number of aliphatic hydroxyl groups excluding tert-OH is 1. The molecule has 0 aliphatic carbocycles. The number of carbonyl (C=O) groups is 1. The SMILES string of the molecule is COc1ccc(CC(=O)C(O)O)cc1. The summed E-state index contributed by atoms with van der Waals surface area (Å²) >= 11 is 0. The highest BCUT2D eigenvalue weighted by molar-refractivity contribution is 5.83. The minimum absolute atomic E-state index is 0.0155. The fourth-order valence-corrected chi connectivity index (χ4v) is 1.04. The monoisotopic (exact) mass is 196 g/mol. The van der Waals surface area contributed by atoms with Gasteiger partial charge in [-0.25, -0.2) is 0 Å². The largest absolute Gasteiger partial charge is 0.497 e. The molecule has 0 fully saturated rings. The molecule has 0 spiro atoms. The van der Waals surface area contributed by atoms with Gasteiger partial charge in [-0.05, 0) is 17.7 Å². The highest BCUT2D eigenvalue weighted by atomic mass is 16.5. The summed E-state index contributed by atoms with van der Waals surface area (Å²) < 4.78 is 4.94. The molecule has 0 heterocycles. The van der Waals surface area contributed by atoms with Crippen molar-refractivity contribution >= 4 is 5.78 Å². The molecule has 0 radical (unpaired) electrons. The van der Waals surface area contributed by atoms with E-state index in [1.807, 2.05) is 0 Å². The number of aliphatic hydroxyl groups is 2. The smallest absolute Gasteiger partial charge is 0.213 e. The third-order valence-corrected chi connectivity index (χ3v) is 1.83. The standard InChI is InChI=1S/C10H12O4/c1-14-8-4-2-7(3-5-8)6-9(11)10(12)13/h2-5,10,12-13H,6H2,1H3. The van der Waals surface area contributed by atoms with Crippen LogP contribution in [0.15, 0.2) is 24.3 Å². The number of hydrogen-bond donors (Lipinski definition) is 2. The third-order valence-electron chi connectivity index (χ3n) is 1.83. The maximum Gasteiger partial charge on any atom is 0.213 e. The van der Waals surface area contributed by atoms with Gasteiger partial charge in [0, 0.05) is 6.42 Å². The Bertz CT molecular complexity index is 302. The number of ether oxygens (including phenoxy) is 1. The van der Waals surface area contributed by atoms with E-state index < -0.39 is 12.1 Å². The fourth-order valence-electron chi connectivity index (χ4n) is 1.04. The van der Waals surface area contributed by atoms with Crippen LogP contribution < -0.4 is 4.74 Å². The average molecular weight is 196 g/mol. The topological polar surface area (TPSA) is 66.8 Å². The minimum Gasteiger partial charge on any atom is -0.497 e. The predicted octanol–water partition coefficient (Wildman–Crippen LogP) is 0.117. The number of rotatable bonds is 4. The van der Waals surface area contributed by atoms with Crippen molar-refractivity contribution in [3.8, 4) is 5.75 Å². The molecule has 0 saturated heterocycles. The predicted molar refractivity (Wildman–Crippen MR) is 49.9 cm³/mol. The van der Waals surface area contributed by atoms with E-state index in [1.165, 1.54) is 0 Å². The summed E-state index contributed by atoms with van der Waals surface area (Å²) in [7, 11) is 1.55. The van der Waals surface area contributed by atoms with E-state index in [4.69, 9.17) is 14.9 Å². The Morgan fingerprint density at radius 2 is 1.93 bits per heavy atom. The zero-order valence-electron chi connectivity index (χ0n) is 7.80. The molecule has 1 aromatic carbocycles. The average Bonchev–Trinajstić information content (AvgIpc) is 2.19. The van der Waals surface area contributed by atoms with Crippen molar-refractivity contribution in [3.63, 3.8) is 0 Å². The maximum absolute atomic E-state index is 10.9. The van der Waals surface area contributed by atoms with Gasteiger partial charge in [0.1, 0.15) is 5.75 Å². The Kier molecular flexibility index (Phi) is 3.62. The number of methoxy groups -OCH3 is 1. The van der Waals surface area contributed by atoms with Crippen molar-refractivity contribution in [1.29, 1.82) is 0 Å². The van der Waals surface area contributed by atoms with E-state index in [0.29, 0.717) is 5.75 Å². The quantitative estimate of drug-likeness (QED) is 0.671. The van der Waals surface area contributed by atoms with Crippen LogP contribution in [0, 0.1) is 0 Å². The summed E-state index contributed by atoms with van der Waals surface area (Å²) in [4.78, 5) is 10.9. The second-order valence-electron chi connectivity index (χ2n) is 2.86. The van der Waals surface area contributed by atoms with Crippen LogP contribution in [-0.2, 0) is 11.2 Å². The summed E-state index contributed by atoms with van der Waals surface area (Å²) in [6.07, 6.45) is -1.88. The summed E-state index contributed by atoms with van der Waals surface area (Å²) in [5.74, 6) is 0.0842. The molecular formula is C10H12O4. The lowest BCUT2D eigenvalue weighted by molar-refractivity contribution is -0.144.